The molecule has 10 heteroatoms. The summed E-state index contributed by atoms with van der Waals surface area (Å²) in [6.45, 7) is 9.28. The van der Waals surface area contributed by atoms with E-state index in [2.05, 4.69) is 57.0 Å². The van der Waals surface area contributed by atoms with E-state index in [0.717, 1.165) is 43.5 Å². The molecule has 0 saturated heterocycles. The maximum atomic E-state index is 11.9. The fourth-order valence-electron chi connectivity index (χ4n) is 3.74. The van der Waals surface area contributed by atoms with Gasteiger partial charge in [0.25, 0.3) is 0 Å². The Kier molecular flexibility index (Phi) is 15.3. The number of anilines is 1. The average molecular weight is 578 g/mol. The summed E-state index contributed by atoms with van der Waals surface area (Å²) in [4.78, 5) is 38.4. The van der Waals surface area contributed by atoms with Gasteiger partial charge in [0.15, 0.2) is 17.9 Å². The van der Waals surface area contributed by atoms with E-state index < -0.39 is 0 Å². The van der Waals surface area contributed by atoms with Crippen molar-refractivity contribution in [2.75, 3.05) is 33.1 Å². The normalized spacial score (nSPS) is 17.5. The van der Waals surface area contributed by atoms with Gasteiger partial charge in [-0.1, -0.05) is 45.1 Å². The van der Waals surface area contributed by atoms with Crippen molar-refractivity contribution in [3.05, 3.63) is 59.6 Å². The van der Waals surface area contributed by atoms with Crippen LogP contribution in [0.25, 0.3) is 12.2 Å². The number of rotatable bonds is 11. The highest BCUT2D eigenvalue weighted by Gasteiger charge is 2.29. The second-order valence-corrected chi connectivity index (χ2v) is 10.1. The van der Waals surface area contributed by atoms with Crippen LogP contribution in [0.15, 0.2) is 47.5 Å². The molecular weight excluding hydrogens is 530 g/mol. The number of hydrogen-bond acceptors (Lipinski definition) is 8. The van der Waals surface area contributed by atoms with Crippen molar-refractivity contribution in [1.82, 2.24) is 25.7 Å². The molecule has 2 aliphatic rings. The summed E-state index contributed by atoms with van der Waals surface area (Å²) in [5, 5.41) is 2.93. The van der Waals surface area contributed by atoms with E-state index in [-0.39, 0.29) is 23.6 Å². The molecule has 2 heterocycles. The molecule has 1 aliphatic carbocycles. The number of hydrogen-bond donors (Lipinski definition) is 3. The lowest BCUT2D eigenvalue weighted by Crippen LogP contribution is -2.44. The molecule has 42 heavy (non-hydrogen) atoms. The minimum absolute atomic E-state index is 0.0659. The fourth-order valence-corrected chi connectivity index (χ4v) is 3.74. The Morgan fingerprint density at radius 3 is 2.57 bits per heavy atom. The van der Waals surface area contributed by atoms with Gasteiger partial charge >= 0.3 is 0 Å². The van der Waals surface area contributed by atoms with Crippen LogP contribution in [0.3, 0.4) is 0 Å². The molecular formula is C32H47N7O3. The number of carbonyl (C=O) groups is 2. The summed E-state index contributed by atoms with van der Waals surface area (Å²) in [5.74, 6) is 1.55. The van der Waals surface area contributed by atoms with Gasteiger partial charge in [-0.3, -0.25) is 9.59 Å². The number of nitrogens with one attached hydrogen (secondary N) is 3. The number of hydrazine groups is 1. The Morgan fingerprint density at radius 1 is 1.21 bits per heavy atom. The fraction of sp³-hybridized carbons (Fsp3) is 0.469. The van der Waals surface area contributed by atoms with E-state index in [1.165, 1.54) is 6.07 Å². The zero-order valence-electron chi connectivity index (χ0n) is 26.1. The Morgan fingerprint density at radius 2 is 1.98 bits per heavy atom. The molecule has 228 valence electrons. The summed E-state index contributed by atoms with van der Waals surface area (Å²) in [5.41, 5.74) is 7.90. The smallest absolute Gasteiger partial charge is 0.227 e. The Balaban J connectivity index is 0.000000438. The Hall–Kier alpha value is -3.73. The molecule has 0 bridgehead atoms. The van der Waals surface area contributed by atoms with Gasteiger partial charge in [0.1, 0.15) is 11.5 Å². The van der Waals surface area contributed by atoms with Crippen LogP contribution in [0.4, 0.5) is 11.5 Å². The van der Waals surface area contributed by atoms with Crippen molar-refractivity contribution >= 4 is 41.7 Å². The molecule has 0 spiro atoms. The number of benzene rings is 1. The summed E-state index contributed by atoms with van der Waals surface area (Å²) in [7, 11) is 5.95. The third-order valence-electron chi connectivity index (χ3n) is 6.29. The lowest BCUT2D eigenvalue weighted by molar-refractivity contribution is -0.117. The van der Waals surface area contributed by atoms with Crippen molar-refractivity contribution in [3.8, 4) is 0 Å². The summed E-state index contributed by atoms with van der Waals surface area (Å²) in [6, 6.07) is 9.25. The van der Waals surface area contributed by atoms with Crippen molar-refractivity contribution in [3.63, 3.8) is 0 Å². The first-order valence-electron chi connectivity index (χ1n) is 14.7. The predicted octanol–water partition coefficient (Wildman–Crippen LogP) is 5.28. The van der Waals surface area contributed by atoms with Crippen molar-refractivity contribution in [2.24, 2.45) is 10.9 Å². The summed E-state index contributed by atoms with van der Waals surface area (Å²) >= 11 is 0. The quantitative estimate of drug-likeness (QED) is 0.309. The zero-order valence-corrected chi connectivity index (χ0v) is 26.1. The largest absolute Gasteiger partial charge is 0.381 e. The highest BCUT2D eigenvalue weighted by molar-refractivity contribution is 5.95. The maximum Gasteiger partial charge on any atom is 0.227 e. The van der Waals surface area contributed by atoms with Crippen LogP contribution in [0.2, 0.25) is 0 Å². The first kappa shape index (κ1) is 34.5. The third kappa shape index (κ3) is 12.8. The van der Waals surface area contributed by atoms with Gasteiger partial charge in [-0.2, -0.15) is 0 Å². The standard InChI is InChI=1S/C22H22N6O2.C8H19NO.C2H6/c1-14-5-9-20(28-27-14)26-21-12-18(13-29)23-19(25-21)10-6-15-3-2-4-17(11-15)24-22(30)16-7-8-16;1-5-8(10-4)6-7-9(2)3;1-2/h2-6,9-14,16,27H,7-8H2,1H3,(H,24,30)(H,23,25,26,28);8H,5-7H2,1-4H3;1-2H3/b10-6+;;. The zero-order chi connectivity index (χ0) is 30.9. The lowest BCUT2D eigenvalue weighted by atomic mass is 10.2. The van der Waals surface area contributed by atoms with Crippen molar-refractivity contribution in [2.45, 2.75) is 65.5 Å². The predicted molar refractivity (Wildman–Crippen MR) is 172 cm³/mol. The summed E-state index contributed by atoms with van der Waals surface area (Å²) in [6.07, 6.45) is 12.6. The van der Waals surface area contributed by atoms with Crippen LogP contribution < -0.4 is 16.2 Å². The number of carbonyl (C=O) groups excluding carboxylic acids is 2. The number of amidine groups is 1. The molecule has 1 aromatic heterocycles. The van der Waals surface area contributed by atoms with Crippen LogP contribution in [-0.4, -0.2) is 72.8 Å². The van der Waals surface area contributed by atoms with E-state index in [9.17, 15) is 9.59 Å². The average Bonchev–Trinajstić information content (AvgIpc) is 3.85. The van der Waals surface area contributed by atoms with E-state index in [4.69, 9.17) is 4.74 Å². The van der Waals surface area contributed by atoms with Gasteiger partial charge in [-0.25, -0.2) is 20.4 Å². The van der Waals surface area contributed by atoms with E-state index >= 15 is 0 Å². The number of amides is 1. The van der Waals surface area contributed by atoms with Gasteiger partial charge in [0.05, 0.1) is 6.10 Å². The molecule has 2 unspecified atom stereocenters. The van der Waals surface area contributed by atoms with Gasteiger partial charge in [-0.15, -0.1) is 0 Å². The first-order valence-corrected chi connectivity index (χ1v) is 14.7. The Labute approximate surface area is 250 Å². The van der Waals surface area contributed by atoms with Gasteiger partial charge in [-0.05, 0) is 83.1 Å². The Bertz CT molecular complexity index is 1220. The molecule has 4 rings (SSSR count). The summed E-state index contributed by atoms with van der Waals surface area (Å²) < 4.78 is 5.22. The number of aromatic nitrogens is 2. The van der Waals surface area contributed by atoms with Crippen LogP contribution in [0.5, 0.6) is 0 Å². The van der Waals surface area contributed by atoms with Crippen molar-refractivity contribution in [1.29, 1.82) is 0 Å². The molecule has 1 saturated carbocycles. The third-order valence-corrected chi connectivity index (χ3v) is 6.29. The number of methoxy groups -OCH3 is 1. The topological polar surface area (TPSA) is 121 Å². The molecule has 1 amide bonds. The van der Waals surface area contributed by atoms with E-state index in [1.807, 2.05) is 63.3 Å². The highest BCUT2D eigenvalue weighted by atomic mass is 16.5. The molecule has 10 nitrogen and oxygen atoms in total. The molecule has 1 aliphatic heterocycles. The molecule has 3 N–H and O–H groups in total. The van der Waals surface area contributed by atoms with E-state index in [0.29, 0.717) is 29.9 Å². The minimum Gasteiger partial charge on any atom is -0.381 e. The second kappa shape index (κ2) is 18.7. The first-order chi connectivity index (χ1) is 20.3. The molecule has 2 atom stereocenters. The highest BCUT2D eigenvalue weighted by Crippen LogP contribution is 2.30. The lowest BCUT2D eigenvalue weighted by Gasteiger charge is -2.17. The minimum atomic E-state index is 0.0659. The monoisotopic (exact) mass is 577 g/mol. The molecule has 1 aromatic carbocycles. The number of nitrogens with zero attached hydrogens (tertiary/aromatic N) is 4. The van der Waals surface area contributed by atoms with Crippen molar-refractivity contribution < 1.29 is 14.3 Å². The number of aldehydes is 1. The molecule has 1 fully saturated rings. The number of aliphatic imine (C=N–C) groups is 1. The molecule has 0 radical (unpaired) electrons. The van der Waals surface area contributed by atoms with Crippen LogP contribution >= 0.6 is 0 Å². The van der Waals surface area contributed by atoms with E-state index in [1.54, 1.807) is 13.2 Å². The van der Waals surface area contributed by atoms with Gasteiger partial charge < -0.3 is 20.4 Å². The number of ether oxygens (including phenoxy) is 1. The van der Waals surface area contributed by atoms with Crippen LogP contribution in [0, 0.1) is 5.92 Å². The SMILES string of the molecule is CC.CC1C=CC(=Nc2cc(C=O)nc(/C=C/c3cccc(NC(=O)C4CC4)c3)n2)NN1.CCC(CCN(C)C)OC. The van der Waals surface area contributed by atoms with Gasteiger partial charge in [0, 0.05) is 30.8 Å². The van der Waals surface area contributed by atoms with Crippen LogP contribution in [0.1, 0.15) is 75.3 Å². The maximum absolute atomic E-state index is 11.9. The molecule has 2 aromatic rings. The van der Waals surface area contributed by atoms with Crippen LogP contribution in [-0.2, 0) is 9.53 Å². The van der Waals surface area contributed by atoms with Gasteiger partial charge in [0.2, 0.25) is 5.91 Å². The second-order valence-electron chi connectivity index (χ2n) is 10.1.